The standard InChI is InChI=1S/C6H7N3O3/c1-3-9-5(11)7-4(10)8(2)6(9)12/h3H,1H2,2H3,(H,7,10,11). The molecule has 6 heteroatoms. The van der Waals surface area contributed by atoms with Crippen molar-refractivity contribution in [2.75, 3.05) is 0 Å². The Morgan fingerprint density at radius 3 is 2.42 bits per heavy atom. The Kier molecular flexibility index (Phi) is 1.82. The van der Waals surface area contributed by atoms with Gasteiger partial charge >= 0.3 is 17.1 Å². The molecule has 0 saturated carbocycles. The lowest BCUT2D eigenvalue weighted by Crippen LogP contribution is -2.46. The first-order valence-corrected chi connectivity index (χ1v) is 3.12. The Hall–Kier alpha value is -1.85. The summed E-state index contributed by atoms with van der Waals surface area (Å²) >= 11 is 0. The zero-order valence-electron chi connectivity index (χ0n) is 6.40. The molecule has 1 aromatic heterocycles. The molecule has 0 aromatic carbocycles. The van der Waals surface area contributed by atoms with Crippen LogP contribution in [0.5, 0.6) is 0 Å². The second kappa shape index (κ2) is 2.65. The second-order valence-corrected chi connectivity index (χ2v) is 2.13. The third kappa shape index (κ3) is 1.03. The van der Waals surface area contributed by atoms with Crippen LogP contribution in [0.15, 0.2) is 21.0 Å². The van der Waals surface area contributed by atoms with Gasteiger partial charge in [-0.2, -0.15) is 0 Å². The van der Waals surface area contributed by atoms with Crippen LogP contribution in [0, 0.1) is 0 Å². The highest BCUT2D eigenvalue weighted by Gasteiger charge is 2.01. The third-order valence-electron chi connectivity index (χ3n) is 1.41. The Bertz CT molecular complexity index is 476. The molecule has 6 nitrogen and oxygen atoms in total. The lowest BCUT2D eigenvalue weighted by Gasteiger charge is -1.97. The van der Waals surface area contributed by atoms with Crippen molar-refractivity contribution in [2.45, 2.75) is 0 Å². The molecule has 0 unspecified atom stereocenters. The average molecular weight is 169 g/mol. The van der Waals surface area contributed by atoms with Gasteiger partial charge < -0.3 is 0 Å². The van der Waals surface area contributed by atoms with Crippen LogP contribution >= 0.6 is 0 Å². The molecule has 0 amide bonds. The highest BCUT2D eigenvalue weighted by Crippen LogP contribution is 1.63. The molecule has 0 aliphatic heterocycles. The van der Waals surface area contributed by atoms with Crippen molar-refractivity contribution < 1.29 is 0 Å². The molecule has 0 atom stereocenters. The molecule has 1 heterocycles. The maximum Gasteiger partial charge on any atom is 0.340 e. The number of hydrogen-bond donors (Lipinski definition) is 1. The summed E-state index contributed by atoms with van der Waals surface area (Å²) in [7, 11) is 1.26. The van der Waals surface area contributed by atoms with Gasteiger partial charge in [-0.15, -0.1) is 0 Å². The van der Waals surface area contributed by atoms with E-state index in [-0.39, 0.29) is 0 Å². The van der Waals surface area contributed by atoms with Crippen molar-refractivity contribution in [3.05, 3.63) is 38.0 Å². The van der Waals surface area contributed by atoms with Crippen LogP contribution < -0.4 is 17.1 Å². The van der Waals surface area contributed by atoms with E-state index in [1.165, 1.54) is 7.05 Å². The predicted octanol–water partition coefficient (Wildman–Crippen LogP) is -1.66. The molecule has 12 heavy (non-hydrogen) atoms. The molecule has 1 rings (SSSR count). The van der Waals surface area contributed by atoms with Gasteiger partial charge in [-0.3, -0.25) is 4.98 Å². The van der Waals surface area contributed by atoms with E-state index in [9.17, 15) is 14.4 Å². The summed E-state index contributed by atoms with van der Waals surface area (Å²) in [6, 6.07) is 0. The van der Waals surface area contributed by atoms with E-state index < -0.39 is 17.1 Å². The first-order chi connectivity index (χ1) is 5.57. The molecule has 0 fully saturated rings. The van der Waals surface area contributed by atoms with E-state index >= 15 is 0 Å². The Balaban J connectivity index is 3.88. The van der Waals surface area contributed by atoms with E-state index in [1.807, 2.05) is 4.98 Å². The fourth-order valence-corrected chi connectivity index (χ4v) is 0.732. The third-order valence-corrected chi connectivity index (χ3v) is 1.41. The molecular formula is C6H7N3O3. The normalized spacial score (nSPS) is 9.75. The van der Waals surface area contributed by atoms with Gasteiger partial charge in [0.1, 0.15) is 0 Å². The molecule has 64 valence electrons. The van der Waals surface area contributed by atoms with E-state index in [2.05, 4.69) is 6.58 Å². The topological polar surface area (TPSA) is 76.9 Å². The van der Waals surface area contributed by atoms with Crippen LogP contribution in [-0.2, 0) is 7.05 Å². The second-order valence-electron chi connectivity index (χ2n) is 2.13. The first-order valence-electron chi connectivity index (χ1n) is 3.12. The zero-order valence-corrected chi connectivity index (χ0v) is 6.40. The molecule has 0 saturated heterocycles. The van der Waals surface area contributed by atoms with Gasteiger partial charge in [0.05, 0.1) is 0 Å². The first kappa shape index (κ1) is 8.25. The lowest BCUT2D eigenvalue weighted by molar-refractivity contribution is 0.674. The summed E-state index contributed by atoms with van der Waals surface area (Å²) in [5.41, 5.74) is -2.22. The number of rotatable bonds is 1. The van der Waals surface area contributed by atoms with Gasteiger partial charge in [0, 0.05) is 13.2 Å². The summed E-state index contributed by atoms with van der Waals surface area (Å²) in [5, 5.41) is 0. The molecule has 0 aliphatic rings. The van der Waals surface area contributed by atoms with Gasteiger partial charge in [-0.25, -0.2) is 23.5 Å². The fraction of sp³-hybridized carbons (Fsp3) is 0.167. The molecule has 1 N–H and O–H groups in total. The number of hydrogen-bond acceptors (Lipinski definition) is 3. The number of nitrogens with zero attached hydrogens (tertiary/aromatic N) is 2. The van der Waals surface area contributed by atoms with Crippen molar-refractivity contribution in [3.63, 3.8) is 0 Å². The quantitative estimate of drug-likeness (QED) is 0.546. The minimum absolute atomic E-state index is 0.709. The maximum atomic E-state index is 11.1. The van der Waals surface area contributed by atoms with Crippen LogP contribution in [0.25, 0.3) is 6.20 Å². The Labute approximate surface area is 66.4 Å². The van der Waals surface area contributed by atoms with Gasteiger partial charge in [0.15, 0.2) is 0 Å². The summed E-state index contributed by atoms with van der Waals surface area (Å²) in [4.78, 5) is 34.7. The lowest BCUT2D eigenvalue weighted by atomic mass is 10.8. The smallest absolute Gasteiger partial charge is 0.258 e. The van der Waals surface area contributed by atoms with E-state index in [4.69, 9.17) is 0 Å². The van der Waals surface area contributed by atoms with Crippen LogP contribution in [0.4, 0.5) is 0 Å². The van der Waals surface area contributed by atoms with Crippen LogP contribution in [0.1, 0.15) is 0 Å². The van der Waals surface area contributed by atoms with Crippen LogP contribution in [0.3, 0.4) is 0 Å². The number of nitrogens with one attached hydrogen (secondary N) is 1. The Morgan fingerprint density at radius 1 is 1.33 bits per heavy atom. The molecule has 1 aromatic rings. The number of aromatic amines is 1. The van der Waals surface area contributed by atoms with Crippen LogP contribution in [-0.4, -0.2) is 14.1 Å². The molecule has 0 aliphatic carbocycles. The predicted molar refractivity (Wildman–Crippen MR) is 43.0 cm³/mol. The molecule has 0 bridgehead atoms. The van der Waals surface area contributed by atoms with Gasteiger partial charge in [0.2, 0.25) is 0 Å². The maximum absolute atomic E-state index is 11.1. The van der Waals surface area contributed by atoms with Crippen molar-refractivity contribution in [3.8, 4) is 0 Å². The van der Waals surface area contributed by atoms with Gasteiger partial charge in [0.25, 0.3) is 0 Å². The fourth-order valence-electron chi connectivity index (χ4n) is 0.732. The monoisotopic (exact) mass is 169 g/mol. The van der Waals surface area contributed by atoms with Gasteiger partial charge in [-0.05, 0) is 0 Å². The SMILES string of the molecule is C=Cn1c(=O)[nH]c(=O)n(C)c1=O. The van der Waals surface area contributed by atoms with E-state index in [0.29, 0.717) is 4.57 Å². The minimum atomic E-state index is -0.780. The zero-order chi connectivity index (χ0) is 9.30. The average Bonchev–Trinajstić information content (AvgIpc) is 2.01. The summed E-state index contributed by atoms with van der Waals surface area (Å²) in [5.74, 6) is 0. The van der Waals surface area contributed by atoms with Crippen molar-refractivity contribution >= 4 is 6.20 Å². The summed E-state index contributed by atoms with van der Waals surface area (Å²) in [6.07, 6.45) is 1.04. The summed E-state index contributed by atoms with van der Waals surface area (Å²) in [6.45, 7) is 3.25. The highest BCUT2D eigenvalue weighted by molar-refractivity contribution is 5.13. The Morgan fingerprint density at radius 2 is 1.92 bits per heavy atom. The van der Waals surface area contributed by atoms with Gasteiger partial charge in [-0.1, -0.05) is 6.58 Å². The highest BCUT2D eigenvalue weighted by atomic mass is 16.2. The van der Waals surface area contributed by atoms with Crippen molar-refractivity contribution in [2.24, 2.45) is 7.05 Å². The number of aromatic nitrogens is 3. The molecular weight excluding hydrogens is 162 g/mol. The summed E-state index contributed by atoms with van der Waals surface area (Å²) < 4.78 is 1.49. The number of H-pyrrole nitrogens is 1. The van der Waals surface area contributed by atoms with Crippen LogP contribution in [0.2, 0.25) is 0 Å². The molecule has 0 spiro atoms. The largest absolute Gasteiger partial charge is 0.340 e. The minimum Gasteiger partial charge on any atom is -0.258 e. The molecule has 0 radical (unpaired) electrons. The van der Waals surface area contributed by atoms with Crippen molar-refractivity contribution in [1.82, 2.24) is 14.1 Å². The van der Waals surface area contributed by atoms with E-state index in [1.54, 1.807) is 0 Å². The van der Waals surface area contributed by atoms with E-state index in [0.717, 1.165) is 10.8 Å². The van der Waals surface area contributed by atoms with Crippen molar-refractivity contribution in [1.29, 1.82) is 0 Å².